The molecule has 4 heteroatoms. The Labute approximate surface area is 66.4 Å². The maximum Gasteiger partial charge on any atom is 0.136 e. The quantitative estimate of drug-likeness (QED) is 0.542. The zero-order valence-corrected chi connectivity index (χ0v) is 6.76. The number of aliphatic imine (C=N–C) groups is 1. The van der Waals surface area contributed by atoms with Crippen molar-refractivity contribution in [3.05, 3.63) is 11.8 Å². The molecule has 0 aliphatic carbocycles. The Bertz CT molecular complexity index is 209. The number of hydrogen-bond acceptors (Lipinski definition) is 4. The number of nitrogens with one attached hydrogen (secondary N) is 1. The molecule has 0 heterocycles. The monoisotopic (exact) mass is 152 g/mol. The molecular weight excluding hydrogens is 140 g/mol. The van der Waals surface area contributed by atoms with Crippen LogP contribution in [-0.2, 0) is 0 Å². The van der Waals surface area contributed by atoms with Crippen molar-refractivity contribution in [3.8, 4) is 6.07 Å². The third-order valence-corrected chi connectivity index (χ3v) is 1.06. The highest BCUT2D eigenvalue weighted by atomic mass is 14.8. The molecule has 0 amide bonds. The lowest BCUT2D eigenvalue weighted by molar-refractivity contribution is 0.872. The minimum atomic E-state index is 0.345. The van der Waals surface area contributed by atoms with E-state index < -0.39 is 0 Å². The molecule has 0 bridgehead atoms. The normalized spacial score (nSPS) is 12.8. The van der Waals surface area contributed by atoms with Crippen molar-refractivity contribution in [2.24, 2.45) is 10.7 Å². The van der Waals surface area contributed by atoms with Crippen molar-refractivity contribution in [1.82, 2.24) is 5.32 Å². The molecule has 0 saturated heterocycles. The molecule has 0 unspecified atom stereocenters. The van der Waals surface area contributed by atoms with Crippen LogP contribution in [0.3, 0.4) is 0 Å². The van der Waals surface area contributed by atoms with E-state index >= 15 is 0 Å². The molecule has 3 N–H and O–H groups in total. The minimum absolute atomic E-state index is 0.345. The van der Waals surface area contributed by atoms with Crippen LogP contribution in [0.5, 0.6) is 0 Å². The van der Waals surface area contributed by atoms with E-state index in [0.29, 0.717) is 18.0 Å². The Kier molecular flexibility index (Phi) is 4.78. The van der Waals surface area contributed by atoms with Crippen LogP contribution in [0.1, 0.15) is 0 Å². The molecule has 0 aromatic heterocycles. The summed E-state index contributed by atoms with van der Waals surface area (Å²) in [5.74, 6) is 0. The molecule has 4 nitrogen and oxygen atoms in total. The van der Waals surface area contributed by atoms with Crippen LogP contribution >= 0.6 is 0 Å². The predicted molar refractivity (Wildman–Crippen MR) is 45.2 cm³/mol. The lowest BCUT2D eigenvalue weighted by atomic mass is 10.3. The Morgan fingerprint density at radius 3 is 2.82 bits per heavy atom. The van der Waals surface area contributed by atoms with Crippen LogP contribution in [0.2, 0.25) is 0 Å². The summed E-state index contributed by atoms with van der Waals surface area (Å²) in [6.07, 6.45) is 1.55. The van der Waals surface area contributed by atoms with Crippen LogP contribution in [0.15, 0.2) is 16.8 Å². The number of hydrogen-bond donors (Lipinski definition) is 2. The predicted octanol–water partition coefficient (Wildman–Crippen LogP) is -0.357. The lowest BCUT2D eigenvalue weighted by Crippen LogP contribution is -2.17. The Morgan fingerprint density at radius 1 is 1.82 bits per heavy atom. The molecule has 0 aliphatic rings. The van der Waals surface area contributed by atoms with Gasteiger partial charge in [0.1, 0.15) is 11.8 Å². The van der Waals surface area contributed by atoms with Crippen molar-refractivity contribution < 1.29 is 0 Å². The smallest absolute Gasteiger partial charge is 0.136 e. The molecule has 0 aromatic rings. The highest BCUT2D eigenvalue weighted by molar-refractivity contribution is 6.07. The first-order valence-corrected chi connectivity index (χ1v) is 3.22. The van der Waals surface area contributed by atoms with Gasteiger partial charge in [-0.1, -0.05) is 0 Å². The van der Waals surface area contributed by atoms with Gasteiger partial charge >= 0.3 is 0 Å². The Hall–Kier alpha value is -1.34. The van der Waals surface area contributed by atoms with E-state index in [9.17, 15) is 0 Å². The van der Waals surface area contributed by atoms with Gasteiger partial charge in [0.15, 0.2) is 0 Å². The summed E-state index contributed by atoms with van der Waals surface area (Å²) >= 11 is 0. The average Bonchev–Trinajstić information content (AvgIpc) is 2.01. The summed E-state index contributed by atoms with van der Waals surface area (Å²) in [6.45, 7) is 0.570. The first-order valence-electron chi connectivity index (χ1n) is 3.22. The molecule has 0 radical (unpaired) electrons. The number of nitrogens with two attached hydrogens (primary N) is 1. The van der Waals surface area contributed by atoms with Gasteiger partial charge < -0.3 is 11.1 Å². The van der Waals surface area contributed by atoms with E-state index in [0.717, 1.165) is 0 Å². The molecule has 0 rings (SSSR count). The average molecular weight is 152 g/mol. The van der Waals surface area contributed by atoms with E-state index in [4.69, 9.17) is 11.0 Å². The Morgan fingerprint density at radius 2 is 2.45 bits per heavy atom. The molecular formula is C7H12N4. The van der Waals surface area contributed by atoms with Crippen molar-refractivity contribution >= 4 is 5.71 Å². The molecule has 0 spiro atoms. The molecule has 0 aliphatic heterocycles. The number of nitriles is 1. The summed E-state index contributed by atoms with van der Waals surface area (Å²) in [6, 6.07) is 1.91. The van der Waals surface area contributed by atoms with Crippen molar-refractivity contribution in [2.75, 3.05) is 20.6 Å². The number of allylic oxidation sites excluding steroid dienone is 1. The summed E-state index contributed by atoms with van der Waals surface area (Å²) in [4.78, 5) is 3.70. The van der Waals surface area contributed by atoms with E-state index in [1.54, 1.807) is 20.2 Å². The molecule has 60 valence electrons. The molecule has 11 heavy (non-hydrogen) atoms. The zero-order valence-electron chi connectivity index (χ0n) is 6.76. The fraction of sp³-hybridized carbons (Fsp3) is 0.429. The summed E-state index contributed by atoms with van der Waals surface area (Å²) in [7, 11) is 3.34. The lowest BCUT2D eigenvalue weighted by Gasteiger charge is -1.96. The molecule has 0 aromatic carbocycles. The molecule has 0 saturated carbocycles. The number of likely N-dealkylation sites (N-methyl/N-ethyl adjacent to an activating group) is 1. The second kappa shape index (κ2) is 5.45. The third-order valence-electron chi connectivity index (χ3n) is 1.06. The SMILES string of the molecule is CN=C(C#N)C=C(N)CNC. The highest BCUT2D eigenvalue weighted by Gasteiger charge is 1.91. The van der Waals surface area contributed by atoms with Gasteiger partial charge in [-0.2, -0.15) is 5.26 Å². The standard InChI is InChI=1S/C7H12N4/c1-10-5-6(9)3-7(4-8)11-2/h3,10H,5,9H2,1-2H3. The maximum atomic E-state index is 8.44. The van der Waals surface area contributed by atoms with Crippen LogP contribution in [-0.4, -0.2) is 26.4 Å². The first kappa shape index (κ1) is 9.66. The van der Waals surface area contributed by atoms with Gasteiger partial charge in [-0.3, -0.25) is 4.99 Å². The summed E-state index contributed by atoms with van der Waals surface area (Å²) in [5.41, 5.74) is 6.45. The minimum Gasteiger partial charge on any atom is -0.401 e. The molecule has 0 fully saturated rings. The van der Waals surface area contributed by atoms with Gasteiger partial charge in [0.2, 0.25) is 0 Å². The van der Waals surface area contributed by atoms with Gasteiger partial charge in [-0.05, 0) is 13.1 Å². The Balaban J connectivity index is 4.19. The number of nitrogens with zero attached hydrogens (tertiary/aromatic N) is 2. The topological polar surface area (TPSA) is 74.2 Å². The first-order chi connectivity index (χ1) is 5.24. The molecule has 0 atom stereocenters. The van der Waals surface area contributed by atoms with Crippen LogP contribution in [0.4, 0.5) is 0 Å². The van der Waals surface area contributed by atoms with Gasteiger partial charge in [-0.25, -0.2) is 0 Å². The number of rotatable bonds is 3. The van der Waals surface area contributed by atoms with Crippen molar-refractivity contribution in [1.29, 1.82) is 5.26 Å². The van der Waals surface area contributed by atoms with Crippen molar-refractivity contribution in [3.63, 3.8) is 0 Å². The maximum absolute atomic E-state index is 8.44. The largest absolute Gasteiger partial charge is 0.401 e. The van der Waals surface area contributed by atoms with Crippen molar-refractivity contribution in [2.45, 2.75) is 0 Å². The van der Waals surface area contributed by atoms with Gasteiger partial charge in [0, 0.05) is 19.3 Å². The van der Waals surface area contributed by atoms with E-state index in [-0.39, 0.29) is 0 Å². The van der Waals surface area contributed by atoms with E-state index in [1.807, 2.05) is 6.07 Å². The second-order valence-electron chi connectivity index (χ2n) is 1.97. The van der Waals surface area contributed by atoms with Crippen LogP contribution in [0, 0.1) is 11.3 Å². The fourth-order valence-electron chi connectivity index (χ4n) is 0.578. The second-order valence-corrected chi connectivity index (χ2v) is 1.97. The van der Waals surface area contributed by atoms with Crippen LogP contribution < -0.4 is 11.1 Å². The highest BCUT2D eigenvalue weighted by Crippen LogP contribution is 1.84. The van der Waals surface area contributed by atoms with E-state index in [2.05, 4.69) is 10.3 Å². The van der Waals surface area contributed by atoms with E-state index in [1.165, 1.54) is 0 Å². The third kappa shape index (κ3) is 4.12. The van der Waals surface area contributed by atoms with Gasteiger partial charge in [-0.15, -0.1) is 0 Å². The van der Waals surface area contributed by atoms with Crippen LogP contribution in [0.25, 0.3) is 0 Å². The zero-order chi connectivity index (χ0) is 8.69. The van der Waals surface area contributed by atoms with Gasteiger partial charge in [0.05, 0.1) is 0 Å². The summed E-state index contributed by atoms with van der Waals surface area (Å²) < 4.78 is 0. The summed E-state index contributed by atoms with van der Waals surface area (Å²) in [5, 5.41) is 11.3. The van der Waals surface area contributed by atoms with Gasteiger partial charge in [0.25, 0.3) is 0 Å². The fourth-order valence-corrected chi connectivity index (χ4v) is 0.578.